The lowest BCUT2D eigenvalue weighted by atomic mass is 9.86. The molecule has 0 radical (unpaired) electrons. The fourth-order valence-corrected chi connectivity index (χ4v) is 2.94. The van der Waals surface area contributed by atoms with E-state index in [1.807, 2.05) is 6.92 Å². The summed E-state index contributed by atoms with van der Waals surface area (Å²) >= 11 is 1.54. The topological polar surface area (TPSA) is 61.8 Å². The molecule has 0 bridgehead atoms. The van der Waals surface area contributed by atoms with Crippen molar-refractivity contribution < 1.29 is 5.11 Å². The summed E-state index contributed by atoms with van der Waals surface area (Å²) in [6.07, 6.45) is 5.38. The van der Waals surface area contributed by atoms with E-state index >= 15 is 0 Å². The van der Waals surface area contributed by atoms with E-state index in [0.717, 1.165) is 36.7 Å². The van der Waals surface area contributed by atoms with Crippen LogP contribution >= 0.6 is 11.8 Å². The Balaban J connectivity index is 1.86. The summed E-state index contributed by atoms with van der Waals surface area (Å²) in [5.41, 5.74) is -0.489. The zero-order valence-corrected chi connectivity index (χ0v) is 9.81. The lowest BCUT2D eigenvalue weighted by molar-refractivity contribution is 0.0272. The second-order valence-electron chi connectivity index (χ2n) is 4.28. The molecule has 2 N–H and O–H groups in total. The summed E-state index contributed by atoms with van der Waals surface area (Å²) in [4.78, 5) is 4.21. The van der Waals surface area contributed by atoms with Gasteiger partial charge < -0.3 is 5.11 Å². The van der Waals surface area contributed by atoms with Crippen LogP contribution in [0.1, 0.15) is 37.9 Å². The molecule has 15 heavy (non-hydrogen) atoms. The minimum atomic E-state index is -0.489. The maximum atomic E-state index is 10.3. The third-order valence-electron chi connectivity index (χ3n) is 2.83. The number of thioether (sulfide) groups is 1. The summed E-state index contributed by atoms with van der Waals surface area (Å²) < 4.78 is 0. The molecule has 1 aliphatic rings. The molecule has 1 aliphatic carbocycles. The predicted octanol–water partition coefficient (Wildman–Crippen LogP) is 1.90. The predicted molar refractivity (Wildman–Crippen MR) is 59.9 cm³/mol. The first-order chi connectivity index (χ1) is 7.18. The van der Waals surface area contributed by atoms with Crippen molar-refractivity contribution in [2.45, 2.75) is 49.8 Å². The van der Waals surface area contributed by atoms with Crippen LogP contribution in [0, 0.1) is 6.92 Å². The van der Waals surface area contributed by atoms with Crippen molar-refractivity contribution in [1.29, 1.82) is 0 Å². The van der Waals surface area contributed by atoms with E-state index in [2.05, 4.69) is 15.2 Å². The Morgan fingerprint density at radius 3 is 2.73 bits per heavy atom. The smallest absolute Gasteiger partial charge is 0.208 e. The van der Waals surface area contributed by atoms with Gasteiger partial charge in [0.25, 0.3) is 0 Å². The van der Waals surface area contributed by atoms with Crippen LogP contribution in [0.25, 0.3) is 0 Å². The van der Waals surface area contributed by atoms with Crippen molar-refractivity contribution >= 4 is 11.8 Å². The van der Waals surface area contributed by atoms with Crippen molar-refractivity contribution in [3.63, 3.8) is 0 Å². The van der Waals surface area contributed by atoms with Crippen molar-refractivity contribution in [1.82, 2.24) is 15.2 Å². The quantitative estimate of drug-likeness (QED) is 0.774. The molecule has 5 heteroatoms. The number of hydrogen-bond donors (Lipinski definition) is 2. The fraction of sp³-hybridized carbons (Fsp3) is 0.800. The van der Waals surface area contributed by atoms with Crippen molar-refractivity contribution in [3.8, 4) is 0 Å². The molecule has 0 amide bonds. The average Bonchev–Trinajstić information content (AvgIpc) is 2.63. The van der Waals surface area contributed by atoms with E-state index in [1.54, 1.807) is 11.8 Å². The first-order valence-corrected chi connectivity index (χ1v) is 6.41. The number of rotatable bonds is 3. The number of aliphatic hydroxyl groups is 1. The lowest BCUT2D eigenvalue weighted by Crippen LogP contribution is -2.34. The van der Waals surface area contributed by atoms with Gasteiger partial charge in [0.05, 0.1) is 5.60 Å². The minimum Gasteiger partial charge on any atom is -0.389 e. The SMILES string of the molecule is Cc1nc(SCC2(O)CCCCC2)n[nH]1. The fourth-order valence-electron chi connectivity index (χ4n) is 1.94. The molecule has 4 nitrogen and oxygen atoms in total. The highest BCUT2D eigenvalue weighted by Crippen LogP contribution is 2.32. The van der Waals surface area contributed by atoms with Gasteiger partial charge in [-0.05, 0) is 19.8 Å². The first-order valence-electron chi connectivity index (χ1n) is 5.42. The normalized spacial score (nSPS) is 20.4. The third kappa shape index (κ3) is 2.95. The molecule has 1 saturated carbocycles. The second-order valence-corrected chi connectivity index (χ2v) is 5.22. The Morgan fingerprint density at radius 1 is 1.40 bits per heavy atom. The molecule has 2 rings (SSSR count). The van der Waals surface area contributed by atoms with Crippen molar-refractivity contribution in [3.05, 3.63) is 5.82 Å². The highest BCUT2D eigenvalue weighted by Gasteiger charge is 2.29. The lowest BCUT2D eigenvalue weighted by Gasteiger charge is -2.31. The van der Waals surface area contributed by atoms with Gasteiger partial charge in [-0.1, -0.05) is 31.0 Å². The van der Waals surface area contributed by atoms with Gasteiger partial charge in [0.15, 0.2) is 0 Å². The molecule has 1 heterocycles. The van der Waals surface area contributed by atoms with E-state index in [-0.39, 0.29) is 0 Å². The number of aryl methyl sites for hydroxylation is 1. The second kappa shape index (κ2) is 4.53. The van der Waals surface area contributed by atoms with Crippen LogP contribution in [0.15, 0.2) is 5.16 Å². The number of aromatic amines is 1. The Morgan fingerprint density at radius 2 is 2.13 bits per heavy atom. The highest BCUT2D eigenvalue weighted by atomic mass is 32.2. The van der Waals surface area contributed by atoms with Gasteiger partial charge >= 0.3 is 0 Å². The van der Waals surface area contributed by atoms with Crippen LogP contribution in [-0.2, 0) is 0 Å². The molecule has 0 atom stereocenters. The molecule has 0 saturated heterocycles. The van der Waals surface area contributed by atoms with Crippen LogP contribution in [0.5, 0.6) is 0 Å². The highest BCUT2D eigenvalue weighted by molar-refractivity contribution is 7.99. The molecule has 1 aromatic rings. The van der Waals surface area contributed by atoms with Gasteiger partial charge in [0.2, 0.25) is 5.16 Å². The summed E-state index contributed by atoms with van der Waals surface area (Å²) in [6, 6.07) is 0. The Kier molecular flexibility index (Phi) is 3.31. The first kappa shape index (κ1) is 11.0. The third-order valence-corrected chi connectivity index (χ3v) is 3.95. The standard InChI is InChI=1S/C10H17N3OS/c1-8-11-9(13-12-8)15-7-10(14)5-3-2-4-6-10/h14H,2-7H2,1H3,(H,11,12,13). The van der Waals surface area contributed by atoms with E-state index < -0.39 is 5.60 Å². The van der Waals surface area contributed by atoms with Crippen LogP contribution in [-0.4, -0.2) is 31.6 Å². The molecular weight excluding hydrogens is 210 g/mol. The van der Waals surface area contributed by atoms with Crippen LogP contribution in [0.2, 0.25) is 0 Å². The van der Waals surface area contributed by atoms with Crippen molar-refractivity contribution in [2.75, 3.05) is 5.75 Å². The maximum absolute atomic E-state index is 10.3. The Hall–Kier alpha value is -0.550. The van der Waals surface area contributed by atoms with Gasteiger partial charge in [-0.25, -0.2) is 4.98 Å². The molecule has 1 fully saturated rings. The molecule has 1 aromatic heterocycles. The average molecular weight is 227 g/mol. The summed E-state index contributed by atoms with van der Waals surface area (Å²) in [5.74, 6) is 1.54. The summed E-state index contributed by atoms with van der Waals surface area (Å²) in [6.45, 7) is 1.88. The number of nitrogens with one attached hydrogen (secondary N) is 1. The molecule has 84 valence electrons. The maximum Gasteiger partial charge on any atom is 0.208 e. The van der Waals surface area contributed by atoms with Gasteiger partial charge in [-0.3, -0.25) is 5.10 Å². The van der Waals surface area contributed by atoms with Gasteiger partial charge in [0.1, 0.15) is 5.82 Å². The monoisotopic (exact) mass is 227 g/mol. The van der Waals surface area contributed by atoms with E-state index in [9.17, 15) is 5.11 Å². The number of aromatic nitrogens is 3. The number of H-pyrrole nitrogens is 1. The van der Waals surface area contributed by atoms with Gasteiger partial charge in [0, 0.05) is 5.75 Å². The molecule has 0 aromatic carbocycles. The molecular formula is C10H17N3OS. The van der Waals surface area contributed by atoms with Crippen LogP contribution in [0.4, 0.5) is 0 Å². The van der Waals surface area contributed by atoms with Gasteiger partial charge in [-0.15, -0.1) is 5.10 Å². The van der Waals surface area contributed by atoms with E-state index in [4.69, 9.17) is 0 Å². The zero-order chi connectivity index (χ0) is 10.7. The summed E-state index contributed by atoms with van der Waals surface area (Å²) in [5, 5.41) is 17.8. The summed E-state index contributed by atoms with van der Waals surface area (Å²) in [7, 11) is 0. The zero-order valence-electron chi connectivity index (χ0n) is 8.99. The van der Waals surface area contributed by atoms with Crippen molar-refractivity contribution in [2.24, 2.45) is 0 Å². The molecule has 0 aliphatic heterocycles. The largest absolute Gasteiger partial charge is 0.389 e. The van der Waals surface area contributed by atoms with E-state index in [1.165, 1.54) is 6.42 Å². The number of hydrogen-bond acceptors (Lipinski definition) is 4. The Bertz CT molecular complexity index is 320. The molecule has 0 unspecified atom stereocenters. The van der Waals surface area contributed by atoms with Crippen LogP contribution < -0.4 is 0 Å². The van der Waals surface area contributed by atoms with Gasteiger partial charge in [-0.2, -0.15) is 0 Å². The van der Waals surface area contributed by atoms with Crippen LogP contribution in [0.3, 0.4) is 0 Å². The number of nitrogens with zero attached hydrogens (tertiary/aromatic N) is 2. The van der Waals surface area contributed by atoms with E-state index in [0.29, 0.717) is 5.75 Å². The Labute approximate surface area is 93.9 Å². The molecule has 0 spiro atoms. The minimum absolute atomic E-state index is 0.489.